The summed E-state index contributed by atoms with van der Waals surface area (Å²) in [6.45, 7) is 0.195. The SMILES string of the molecule is O=C(O)c1ccc(-n2cc(CNc3cc(Cl)c(O)c(Cl)c3)c(-c3ccc(C(F)(F)F)cc3)n2)cc1. The van der Waals surface area contributed by atoms with Crippen LogP contribution in [0.2, 0.25) is 10.0 Å². The van der Waals surface area contributed by atoms with Gasteiger partial charge >= 0.3 is 12.1 Å². The molecule has 0 aliphatic heterocycles. The number of aromatic carboxylic acids is 1. The van der Waals surface area contributed by atoms with E-state index >= 15 is 0 Å². The predicted molar refractivity (Wildman–Crippen MR) is 126 cm³/mol. The van der Waals surface area contributed by atoms with Gasteiger partial charge in [-0.3, -0.25) is 0 Å². The summed E-state index contributed by atoms with van der Waals surface area (Å²) in [6.07, 6.45) is -2.79. The fraction of sp³-hybridized carbons (Fsp3) is 0.0833. The van der Waals surface area contributed by atoms with E-state index in [9.17, 15) is 23.1 Å². The van der Waals surface area contributed by atoms with Crippen LogP contribution in [-0.2, 0) is 12.7 Å². The monoisotopic (exact) mass is 521 g/mol. The number of hydrogen-bond acceptors (Lipinski definition) is 4. The van der Waals surface area contributed by atoms with Crippen LogP contribution in [0.25, 0.3) is 16.9 Å². The topological polar surface area (TPSA) is 87.4 Å². The van der Waals surface area contributed by atoms with Gasteiger partial charge in [0.2, 0.25) is 0 Å². The van der Waals surface area contributed by atoms with E-state index in [-0.39, 0.29) is 27.9 Å². The van der Waals surface area contributed by atoms with Gasteiger partial charge < -0.3 is 15.5 Å². The minimum absolute atomic E-state index is 0.0529. The summed E-state index contributed by atoms with van der Waals surface area (Å²) in [5, 5.41) is 26.6. The second kappa shape index (κ2) is 9.52. The van der Waals surface area contributed by atoms with Gasteiger partial charge in [-0.15, -0.1) is 0 Å². The van der Waals surface area contributed by atoms with Crippen LogP contribution in [0.5, 0.6) is 5.75 Å². The highest BCUT2D eigenvalue weighted by Gasteiger charge is 2.30. The Kier molecular flexibility index (Phi) is 6.64. The first-order chi connectivity index (χ1) is 16.5. The van der Waals surface area contributed by atoms with Crippen molar-refractivity contribution in [3.63, 3.8) is 0 Å². The predicted octanol–water partition coefficient (Wildman–Crippen LogP) is 6.88. The number of carboxylic acid groups (broad SMARTS) is 1. The first-order valence-electron chi connectivity index (χ1n) is 10.0. The number of alkyl halides is 3. The molecule has 11 heteroatoms. The van der Waals surface area contributed by atoms with Crippen molar-refractivity contribution in [2.24, 2.45) is 0 Å². The molecule has 3 N–H and O–H groups in total. The summed E-state index contributed by atoms with van der Waals surface area (Å²) in [6, 6.07) is 13.6. The Morgan fingerprint density at radius 2 is 1.60 bits per heavy atom. The molecule has 4 rings (SSSR count). The van der Waals surface area contributed by atoms with Crippen LogP contribution >= 0.6 is 23.2 Å². The summed E-state index contributed by atoms with van der Waals surface area (Å²) in [7, 11) is 0. The van der Waals surface area contributed by atoms with E-state index in [4.69, 9.17) is 28.3 Å². The molecule has 0 spiro atoms. The Hall–Kier alpha value is -3.69. The summed E-state index contributed by atoms with van der Waals surface area (Å²) in [5.74, 6) is -1.32. The molecule has 3 aromatic carbocycles. The van der Waals surface area contributed by atoms with E-state index in [1.165, 1.54) is 41.1 Å². The third kappa shape index (κ3) is 5.36. The number of benzene rings is 3. The lowest BCUT2D eigenvalue weighted by atomic mass is 10.1. The van der Waals surface area contributed by atoms with E-state index in [2.05, 4.69) is 10.4 Å². The van der Waals surface area contributed by atoms with E-state index in [0.717, 1.165) is 12.1 Å². The molecule has 0 unspecified atom stereocenters. The number of aromatic hydroxyl groups is 1. The van der Waals surface area contributed by atoms with Crippen LogP contribution in [0.1, 0.15) is 21.5 Å². The Morgan fingerprint density at radius 3 is 2.14 bits per heavy atom. The highest BCUT2D eigenvalue weighted by molar-refractivity contribution is 6.37. The molecule has 0 aliphatic carbocycles. The number of anilines is 1. The lowest BCUT2D eigenvalue weighted by Crippen LogP contribution is -2.04. The van der Waals surface area contributed by atoms with Crippen LogP contribution in [0.15, 0.2) is 66.9 Å². The number of carbonyl (C=O) groups is 1. The molecular weight excluding hydrogens is 506 g/mol. The van der Waals surface area contributed by atoms with E-state index in [1.807, 2.05) is 0 Å². The van der Waals surface area contributed by atoms with Gasteiger partial charge in [0.05, 0.1) is 32.6 Å². The van der Waals surface area contributed by atoms with Gasteiger partial charge in [-0.05, 0) is 48.5 Å². The molecular formula is C24H16Cl2F3N3O3. The summed E-state index contributed by atoms with van der Waals surface area (Å²) >= 11 is 11.9. The fourth-order valence-corrected chi connectivity index (χ4v) is 3.84. The highest BCUT2D eigenvalue weighted by atomic mass is 35.5. The molecule has 0 bridgehead atoms. The van der Waals surface area contributed by atoms with E-state index < -0.39 is 17.7 Å². The molecule has 0 aliphatic rings. The number of phenolic OH excluding ortho intramolecular Hbond substituents is 1. The first kappa shape index (κ1) is 24.4. The summed E-state index contributed by atoms with van der Waals surface area (Å²) in [4.78, 5) is 11.1. The molecule has 0 radical (unpaired) electrons. The lowest BCUT2D eigenvalue weighted by molar-refractivity contribution is -0.137. The minimum Gasteiger partial charge on any atom is -0.505 e. The van der Waals surface area contributed by atoms with Crippen molar-refractivity contribution in [2.75, 3.05) is 5.32 Å². The van der Waals surface area contributed by atoms with Gasteiger partial charge in [0, 0.05) is 29.6 Å². The van der Waals surface area contributed by atoms with Crippen LogP contribution in [0.3, 0.4) is 0 Å². The number of rotatable bonds is 6. The molecule has 180 valence electrons. The summed E-state index contributed by atoms with van der Waals surface area (Å²) < 4.78 is 40.5. The van der Waals surface area contributed by atoms with Crippen LogP contribution < -0.4 is 5.32 Å². The fourth-order valence-electron chi connectivity index (χ4n) is 3.35. The van der Waals surface area contributed by atoms with Gasteiger partial charge in [-0.25, -0.2) is 9.48 Å². The standard InChI is InChI=1S/C24H16Cl2F3N3O3/c25-19-9-17(10-20(26)22(19)33)30-11-15-12-32(18-7-3-14(4-8-18)23(34)35)31-21(15)13-1-5-16(6-2-13)24(27,28)29/h1-10,12,30,33H,11H2,(H,34,35). The molecule has 35 heavy (non-hydrogen) atoms. The quantitative estimate of drug-likeness (QED) is 0.240. The Bertz CT molecular complexity index is 1360. The maximum atomic E-state index is 13.0. The second-order valence-corrected chi connectivity index (χ2v) is 8.33. The van der Waals surface area contributed by atoms with Gasteiger partial charge in [0.15, 0.2) is 5.75 Å². The number of nitrogens with zero attached hydrogens (tertiary/aromatic N) is 2. The van der Waals surface area contributed by atoms with Crippen molar-refractivity contribution in [3.8, 4) is 22.7 Å². The average Bonchev–Trinajstić information content (AvgIpc) is 3.25. The van der Waals surface area contributed by atoms with E-state index in [0.29, 0.717) is 28.2 Å². The third-order valence-corrected chi connectivity index (χ3v) is 5.73. The maximum absolute atomic E-state index is 13.0. The molecule has 0 atom stereocenters. The van der Waals surface area contributed by atoms with Crippen molar-refractivity contribution >= 4 is 34.9 Å². The zero-order valence-electron chi connectivity index (χ0n) is 17.6. The second-order valence-electron chi connectivity index (χ2n) is 7.52. The average molecular weight is 522 g/mol. The number of halogens is 5. The normalized spacial score (nSPS) is 11.5. The van der Waals surface area contributed by atoms with Gasteiger partial charge in [0.25, 0.3) is 0 Å². The Labute approximate surface area is 207 Å². The molecule has 0 amide bonds. The smallest absolute Gasteiger partial charge is 0.416 e. The first-order valence-corrected chi connectivity index (χ1v) is 10.8. The van der Waals surface area contributed by atoms with Crippen molar-refractivity contribution in [1.82, 2.24) is 9.78 Å². The number of carboxylic acids is 1. The van der Waals surface area contributed by atoms with Crippen LogP contribution in [0.4, 0.5) is 18.9 Å². The van der Waals surface area contributed by atoms with Crippen LogP contribution in [-0.4, -0.2) is 26.0 Å². The Balaban J connectivity index is 1.71. The molecule has 1 aromatic heterocycles. The van der Waals surface area contributed by atoms with Crippen molar-refractivity contribution in [1.29, 1.82) is 0 Å². The van der Waals surface area contributed by atoms with Gasteiger partial charge in [-0.2, -0.15) is 18.3 Å². The largest absolute Gasteiger partial charge is 0.505 e. The number of phenols is 1. The van der Waals surface area contributed by atoms with E-state index in [1.54, 1.807) is 18.3 Å². The Morgan fingerprint density at radius 1 is 1.00 bits per heavy atom. The molecule has 4 aromatic rings. The highest BCUT2D eigenvalue weighted by Crippen LogP contribution is 2.35. The van der Waals surface area contributed by atoms with Crippen molar-refractivity contribution in [3.05, 3.63) is 93.6 Å². The lowest BCUT2D eigenvalue weighted by Gasteiger charge is -2.10. The maximum Gasteiger partial charge on any atom is 0.416 e. The molecule has 0 saturated carbocycles. The molecule has 1 heterocycles. The summed E-state index contributed by atoms with van der Waals surface area (Å²) in [5.41, 5.74) is 1.90. The molecule has 0 fully saturated rings. The third-order valence-electron chi connectivity index (χ3n) is 5.15. The molecule has 0 saturated heterocycles. The minimum atomic E-state index is -4.47. The van der Waals surface area contributed by atoms with Crippen LogP contribution in [0, 0.1) is 0 Å². The number of nitrogens with one attached hydrogen (secondary N) is 1. The number of aromatic nitrogens is 2. The van der Waals surface area contributed by atoms with Crippen molar-refractivity contribution < 1.29 is 28.2 Å². The van der Waals surface area contributed by atoms with Crippen molar-refractivity contribution in [2.45, 2.75) is 12.7 Å². The zero-order valence-corrected chi connectivity index (χ0v) is 19.2. The van der Waals surface area contributed by atoms with Gasteiger partial charge in [-0.1, -0.05) is 35.3 Å². The van der Waals surface area contributed by atoms with Gasteiger partial charge in [0.1, 0.15) is 0 Å². The zero-order chi connectivity index (χ0) is 25.3. The molecule has 6 nitrogen and oxygen atoms in total. The number of hydrogen-bond donors (Lipinski definition) is 3.